The molecule has 2 N–H and O–H groups in total. The standard InChI is InChI=1S/C23H31ClN2O3/c1-13-8-14-10-23(4,28)11-15(9-13)26(14)21(27)22(2,3)16-12-25-17-6-7-18(29-5)20(24)19(16)17/h6-7,12-15,25,28H,8-11H2,1-5H3. The number of nitrogens with one attached hydrogen (secondary N) is 1. The maximum absolute atomic E-state index is 13.9. The summed E-state index contributed by atoms with van der Waals surface area (Å²) >= 11 is 6.63. The number of aromatic nitrogens is 1. The molecule has 1 amide bonds. The molecule has 0 saturated carbocycles. The van der Waals surface area contributed by atoms with Crippen LogP contribution in [0.15, 0.2) is 18.3 Å². The average Bonchev–Trinajstić information content (AvgIpc) is 3.05. The van der Waals surface area contributed by atoms with Crippen molar-refractivity contribution in [1.29, 1.82) is 0 Å². The quantitative estimate of drug-likeness (QED) is 0.762. The Kier molecular flexibility index (Phi) is 4.90. The van der Waals surface area contributed by atoms with Gasteiger partial charge in [0.1, 0.15) is 5.75 Å². The lowest BCUT2D eigenvalue weighted by Gasteiger charge is -2.54. The van der Waals surface area contributed by atoms with Gasteiger partial charge in [-0.25, -0.2) is 0 Å². The number of hydrogen-bond donors (Lipinski definition) is 2. The van der Waals surface area contributed by atoms with E-state index in [-0.39, 0.29) is 18.0 Å². The fourth-order valence-electron chi connectivity index (χ4n) is 5.60. The molecule has 6 heteroatoms. The highest BCUT2D eigenvalue weighted by molar-refractivity contribution is 6.37. The van der Waals surface area contributed by atoms with Crippen LogP contribution >= 0.6 is 11.6 Å². The van der Waals surface area contributed by atoms with Crippen LogP contribution in [-0.2, 0) is 10.2 Å². The predicted molar refractivity (Wildman–Crippen MR) is 116 cm³/mol. The third-order valence-corrected chi connectivity index (χ3v) is 7.27. The van der Waals surface area contributed by atoms with Crippen molar-refractivity contribution in [3.05, 3.63) is 28.9 Å². The number of H-pyrrole nitrogens is 1. The van der Waals surface area contributed by atoms with Crippen LogP contribution in [-0.4, -0.2) is 45.7 Å². The van der Waals surface area contributed by atoms with Gasteiger partial charge >= 0.3 is 0 Å². The molecule has 0 radical (unpaired) electrons. The molecule has 4 rings (SSSR count). The Morgan fingerprint density at radius 1 is 1.31 bits per heavy atom. The number of carbonyl (C=O) groups is 1. The van der Waals surface area contributed by atoms with Gasteiger partial charge in [-0.3, -0.25) is 4.79 Å². The second-order valence-electron chi connectivity index (χ2n) is 9.83. The molecule has 2 aliphatic heterocycles. The number of fused-ring (bicyclic) bond motifs is 3. The predicted octanol–water partition coefficient (Wildman–Crippen LogP) is 4.65. The topological polar surface area (TPSA) is 65.6 Å². The highest BCUT2D eigenvalue weighted by Gasteiger charge is 2.50. The zero-order valence-electron chi connectivity index (χ0n) is 17.9. The molecule has 5 nitrogen and oxygen atoms in total. The number of halogens is 1. The maximum atomic E-state index is 13.9. The number of amides is 1. The first kappa shape index (κ1) is 20.5. The van der Waals surface area contributed by atoms with Gasteiger partial charge in [-0.05, 0) is 70.1 Å². The Hall–Kier alpha value is -1.72. The maximum Gasteiger partial charge on any atom is 0.233 e. The van der Waals surface area contributed by atoms with E-state index in [0.717, 1.165) is 29.3 Å². The van der Waals surface area contributed by atoms with E-state index in [1.165, 1.54) is 0 Å². The smallest absolute Gasteiger partial charge is 0.233 e. The van der Waals surface area contributed by atoms with Crippen LogP contribution in [0, 0.1) is 5.92 Å². The van der Waals surface area contributed by atoms with Gasteiger partial charge in [-0.2, -0.15) is 0 Å². The van der Waals surface area contributed by atoms with Crippen LogP contribution in [0.5, 0.6) is 5.75 Å². The fraction of sp³-hybridized carbons (Fsp3) is 0.609. The van der Waals surface area contributed by atoms with E-state index >= 15 is 0 Å². The normalized spacial score (nSPS) is 29.9. The average molecular weight is 419 g/mol. The minimum atomic E-state index is -0.755. The van der Waals surface area contributed by atoms with Gasteiger partial charge in [0.05, 0.1) is 23.1 Å². The van der Waals surface area contributed by atoms with Crippen molar-refractivity contribution in [3.8, 4) is 5.75 Å². The van der Waals surface area contributed by atoms with E-state index in [1.807, 2.05) is 39.1 Å². The lowest BCUT2D eigenvalue weighted by molar-refractivity contribution is -0.156. The van der Waals surface area contributed by atoms with Gasteiger partial charge in [0, 0.05) is 29.2 Å². The van der Waals surface area contributed by atoms with Crippen molar-refractivity contribution in [2.24, 2.45) is 5.92 Å². The number of nitrogens with zero attached hydrogens (tertiary/aromatic N) is 1. The van der Waals surface area contributed by atoms with Crippen molar-refractivity contribution in [3.63, 3.8) is 0 Å². The molecular formula is C23H31ClN2O3. The number of carbonyl (C=O) groups excluding carboxylic acids is 1. The fourth-order valence-corrected chi connectivity index (χ4v) is 5.94. The molecule has 2 bridgehead atoms. The first-order chi connectivity index (χ1) is 13.5. The summed E-state index contributed by atoms with van der Waals surface area (Å²) in [7, 11) is 1.59. The summed E-state index contributed by atoms with van der Waals surface area (Å²) in [5.41, 5.74) is 0.314. The Bertz CT molecular complexity index is 931. The second-order valence-corrected chi connectivity index (χ2v) is 10.2. The molecule has 2 fully saturated rings. The van der Waals surface area contributed by atoms with Gasteiger partial charge in [-0.15, -0.1) is 0 Å². The number of hydrogen-bond acceptors (Lipinski definition) is 3. The molecule has 0 aliphatic carbocycles. The molecule has 29 heavy (non-hydrogen) atoms. The molecule has 0 spiro atoms. The Labute approximate surface area is 177 Å². The van der Waals surface area contributed by atoms with Gasteiger partial charge < -0.3 is 19.7 Å². The number of ether oxygens (including phenoxy) is 1. The number of aliphatic hydroxyl groups is 1. The van der Waals surface area contributed by atoms with E-state index in [0.29, 0.717) is 29.5 Å². The number of aromatic amines is 1. The Balaban J connectivity index is 1.75. The van der Waals surface area contributed by atoms with Crippen molar-refractivity contribution >= 4 is 28.4 Å². The molecule has 3 heterocycles. The van der Waals surface area contributed by atoms with Crippen molar-refractivity contribution in [2.45, 2.75) is 76.5 Å². The molecular weight excluding hydrogens is 388 g/mol. The summed E-state index contributed by atoms with van der Waals surface area (Å²) in [4.78, 5) is 19.3. The highest BCUT2D eigenvalue weighted by Crippen LogP contribution is 2.45. The van der Waals surface area contributed by atoms with Crippen LogP contribution in [0.4, 0.5) is 0 Å². The zero-order chi connectivity index (χ0) is 21.1. The molecule has 2 aromatic rings. The van der Waals surface area contributed by atoms with Crippen LogP contribution in [0.2, 0.25) is 5.02 Å². The summed E-state index contributed by atoms with van der Waals surface area (Å²) in [5.74, 6) is 1.28. The zero-order valence-corrected chi connectivity index (χ0v) is 18.6. The molecule has 1 aromatic heterocycles. The highest BCUT2D eigenvalue weighted by atomic mass is 35.5. The summed E-state index contributed by atoms with van der Waals surface area (Å²) in [6.07, 6.45) is 5.05. The summed E-state index contributed by atoms with van der Waals surface area (Å²) < 4.78 is 5.39. The lowest BCUT2D eigenvalue weighted by atomic mass is 9.71. The number of benzene rings is 1. The first-order valence-electron chi connectivity index (χ1n) is 10.4. The SMILES string of the molecule is COc1ccc2[nH]cc(C(C)(C)C(=O)N3C4CC(C)CC3CC(C)(O)C4)c2c1Cl. The van der Waals surface area contributed by atoms with E-state index < -0.39 is 11.0 Å². The summed E-state index contributed by atoms with van der Waals surface area (Å²) in [6.45, 7) is 8.10. The monoisotopic (exact) mass is 418 g/mol. The van der Waals surface area contributed by atoms with Crippen LogP contribution in [0.25, 0.3) is 10.9 Å². The van der Waals surface area contributed by atoms with Gasteiger partial charge in [-0.1, -0.05) is 18.5 Å². The van der Waals surface area contributed by atoms with Crippen molar-refractivity contribution in [2.75, 3.05) is 7.11 Å². The third-order valence-electron chi connectivity index (χ3n) is 6.90. The number of rotatable bonds is 3. The Morgan fingerprint density at radius 2 is 1.93 bits per heavy atom. The van der Waals surface area contributed by atoms with Crippen molar-refractivity contribution in [1.82, 2.24) is 9.88 Å². The van der Waals surface area contributed by atoms with Crippen molar-refractivity contribution < 1.29 is 14.6 Å². The van der Waals surface area contributed by atoms with Crippen LogP contribution in [0.3, 0.4) is 0 Å². The van der Waals surface area contributed by atoms with Crippen LogP contribution in [0.1, 0.15) is 58.9 Å². The van der Waals surface area contributed by atoms with E-state index in [1.54, 1.807) is 7.11 Å². The molecule has 2 unspecified atom stereocenters. The molecule has 2 atom stereocenters. The van der Waals surface area contributed by atoms with E-state index in [4.69, 9.17) is 16.3 Å². The minimum Gasteiger partial charge on any atom is -0.495 e. The minimum absolute atomic E-state index is 0.0782. The molecule has 2 saturated heterocycles. The largest absolute Gasteiger partial charge is 0.495 e. The van der Waals surface area contributed by atoms with Gasteiger partial charge in [0.2, 0.25) is 5.91 Å². The molecule has 158 valence electrons. The molecule has 2 aliphatic rings. The summed E-state index contributed by atoms with van der Waals surface area (Å²) in [6, 6.07) is 3.92. The number of methoxy groups -OCH3 is 1. The number of piperidine rings is 2. The lowest BCUT2D eigenvalue weighted by Crippen LogP contribution is -2.63. The van der Waals surface area contributed by atoms with Gasteiger partial charge in [0.25, 0.3) is 0 Å². The van der Waals surface area contributed by atoms with E-state index in [9.17, 15) is 9.90 Å². The third kappa shape index (κ3) is 3.32. The first-order valence-corrected chi connectivity index (χ1v) is 10.8. The van der Waals surface area contributed by atoms with E-state index in [2.05, 4.69) is 16.8 Å². The second kappa shape index (κ2) is 6.92. The van der Waals surface area contributed by atoms with Gasteiger partial charge in [0.15, 0.2) is 0 Å². The molecule has 1 aromatic carbocycles. The summed E-state index contributed by atoms with van der Waals surface area (Å²) in [5, 5.41) is 12.1. The van der Waals surface area contributed by atoms with Crippen LogP contribution < -0.4 is 4.74 Å². The Morgan fingerprint density at radius 3 is 2.52 bits per heavy atom.